The highest BCUT2D eigenvalue weighted by Gasteiger charge is 2.38. The van der Waals surface area contributed by atoms with Gasteiger partial charge in [0.15, 0.2) is 5.96 Å². The fourth-order valence-electron chi connectivity index (χ4n) is 4.35. The molecule has 0 aromatic rings. The van der Waals surface area contributed by atoms with Gasteiger partial charge in [-0.25, -0.2) is 0 Å². The number of nitrogens with zero attached hydrogens (tertiary/aromatic N) is 1. The van der Waals surface area contributed by atoms with E-state index in [1.54, 1.807) is 20.8 Å². The average molecular weight is 731 g/mol. The van der Waals surface area contributed by atoms with Crippen LogP contribution < -0.4 is 49.1 Å². The van der Waals surface area contributed by atoms with E-state index in [0.29, 0.717) is 0 Å². The molecule has 280 valence electrons. The van der Waals surface area contributed by atoms with Crippen LogP contribution in [0.1, 0.15) is 52.9 Å². The van der Waals surface area contributed by atoms with Gasteiger partial charge in [0.2, 0.25) is 41.4 Å². The third-order valence-corrected chi connectivity index (χ3v) is 7.96. The van der Waals surface area contributed by atoms with Crippen molar-refractivity contribution < 1.29 is 53.4 Å². The van der Waals surface area contributed by atoms with Crippen molar-refractivity contribution in [2.45, 2.75) is 83.1 Å². The second-order valence-corrected chi connectivity index (χ2v) is 13.4. The summed E-state index contributed by atoms with van der Waals surface area (Å²) in [5.41, 5.74) is 15.1. The highest BCUT2D eigenvalue weighted by Crippen LogP contribution is 2.20. The Morgan fingerprint density at radius 3 is 1.88 bits per heavy atom. The van der Waals surface area contributed by atoms with E-state index in [0.717, 1.165) is 11.8 Å². The van der Waals surface area contributed by atoms with Gasteiger partial charge in [-0.1, -0.05) is 20.8 Å². The monoisotopic (exact) mass is 730 g/mol. The number of amides is 7. The molecule has 1 rings (SSSR count). The van der Waals surface area contributed by atoms with E-state index < -0.39 is 108 Å². The van der Waals surface area contributed by atoms with Crippen molar-refractivity contribution in [3.8, 4) is 0 Å². The molecule has 14 N–H and O–H groups in total. The van der Waals surface area contributed by atoms with Crippen LogP contribution >= 0.6 is 11.8 Å². The number of hydrogen-bond acceptors (Lipinski definition) is 11. The molecule has 0 bridgehead atoms. The highest BCUT2D eigenvalue weighted by atomic mass is 32.2. The molecule has 0 aliphatic carbocycles. The summed E-state index contributed by atoms with van der Waals surface area (Å²) in [6, 6.07) is -7.54. The van der Waals surface area contributed by atoms with E-state index in [4.69, 9.17) is 17.2 Å². The number of guanidine groups is 1. The molecule has 21 nitrogen and oxygen atoms in total. The number of rotatable bonds is 9. The van der Waals surface area contributed by atoms with Crippen molar-refractivity contribution in [3.63, 3.8) is 0 Å². The number of aliphatic imine (C=N–C) groups is 1. The van der Waals surface area contributed by atoms with Crippen LogP contribution in [0.5, 0.6) is 0 Å². The molecule has 1 saturated heterocycles. The first-order valence-electron chi connectivity index (χ1n) is 15.3. The van der Waals surface area contributed by atoms with Crippen molar-refractivity contribution in [1.82, 2.24) is 31.9 Å². The van der Waals surface area contributed by atoms with Crippen molar-refractivity contribution in [2.24, 2.45) is 27.6 Å². The van der Waals surface area contributed by atoms with Crippen LogP contribution in [0.2, 0.25) is 0 Å². The van der Waals surface area contributed by atoms with Crippen molar-refractivity contribution in [2.75, 3.05) is 24.6 Å². The average Bonchev–Trinajstić information content (AvgIpc) is 2.98. The lowest BCUT2D eigenvalue weighted by Crippen LogP contribution is -2.61. The number of nitrogens with two attached hydrogens (primary N) is 3. The minimum Gasteiger partial charge on any atom is -0.481 e. The Kier molecular flexibility index (Phi) is 17.5. The summed E-state index contributed by atoms with van der Waals surface area (Å²) in [6.45, 7) is 4.02. The van der Waals surface area contributed by atoms with E-state index in [1.807, 2.05) is 0 Å². The van der Waals surface area contributed by atoms with Gasteiger partial charge in [-0.05, 0) is 18.3 Å². The Morgan fingerprint density at radius 1 is 0.780 bits per heavy atom. The fourth-order valence-corrected chi connectivity index (χ4v) is 5.33. The second kappa shape index (κ2) is 20.4. The molecular formula is C28H46N10O11S. The van der Waals surface area contributed by atoms with Crippen molar-refractivity contribution in [3.05, 3.63) is 0 Å². The number of primary amides is 1. The first kappa shape index (κ1) is 42.9. The van der Waals surface area contributed by atoms with Crippen molar-refractivity contribution in [1.29, 1.82) is 0 Å². The third kappa shape index (κ3) is 16.3. The zero-order chi connectivity index (χ0) is 38.2. The van der Waals surface area contributed by atoms with Crippen LogP contribution in [-0.4, -0.2) is 124 Å². The maximum atomic E-state index is 13.4. The summed E-state index contributed by atoms with van der Waals surface area (Å²) in [6.07, 6.45) is -1.88. The highest BCUT2D eigenvalue weighted by molar-refractivity contribution is 7.99. The Labute approximate surface area is 291 Å². The van der Waals surface area contributed by atoms with Gasteiger partial charge in [0.25, 0.3) is 0 Å². The molecule has 1 heterocycles. The maximum absolute atomic E-state index is 13.4. The molecule has 0 saturated carbocycles. The number of nitrogens with one attached hydrogen (secondary N) is 6. The first-order chi connectivity index (χ1) is 23.2. The van der Waals surface area contributed by atoms with E-state index in [1.165, 1.54) is 0 Å². The number of carboxylic acid groups (broad SMARTS) is 2. The first-order valence-corrected chi connectivity index (χ1v) is 16.5. The van der Waals surface area contributed by atoms with Gasteiger partial charge in [0.05, 0.1) is 19.4 Å². The Morgan fingerprint density at radius 2 is 1.34 bits per heavy atom. The molecule has 0 radical (unpaired) electrons. The van der Waals surface area contributed by atoms with Crippen LogP contribution in [0.15, 0.2) is 4.99 Å². The third-order valence-electron chi connectivity index (χ3n) is 6.90. The van der Waals surface area contributed by atoms with Crippen LogP contribution in [0, 0.1) is 5.41 Å². The van der Waals surface area contributed by atoms with Crippen LogP contribution in [0.25, 0.3) is 0 Å². The molecule has 1 aliphatic heterocycles. The van der Waals surface area contributed by atoms with Crippen LogP contribution in [-0.2, 0) is 43.2 Å². The van der Waals surface area contributed by atoms with Gasteiger partial charge in [0.1, 0.15) is 30.2 Å². The van der Waals surface area contributed by atoms with Gasteiger partial charge in [-0.3, -0.25) is 48.1 Å². The van der Waals surface area contributed by atoms with E-state index >= 15 is 0 Å². The van der Waals surface area contributed by atoms with Gasteiger partial charge < -0.3 is 59.3 Å². The van der Waals surface area contributed by atoms with Gasteiger partial charge >= 0.3 is 11.9 Å². The molecule has 22 heteroatoms. The molecule has 0 aromatic carbocycles. The van der Waals surface area contributed by atoms with E-state index in [2.05, 4.69) is 36.9 Å². The standard InChI is InChI=1S/C28H46N10O11S/c1-28(2,3)21-26(49)37-16(22(29)45)12-50-8-6-17(39)34-13(5-4-7-32-27(30)31)23(46)33-11-18(40)35-14(9-19(41)42)24(47)36-15(10-20(43)44)25(48)38-21/h13-16,21H,4-12H2,1-3H3,(H2,29,45)(H,33,46)(H,34,39)(H,35,40)(H,36,47)(H,37,49)(H,38,48)(H,41,42)(H,43,44)(H4,30,31,32)/t13-,14?,15-,16?,21?/m1/s1. The van der Waals surface area contributed by atoms with Crippen LogP contribution in [0.3, 0.4) is 0 Å². The quantitative estimate of drug-likeness (QED) is 0.0603. The van der Waals surface area contributed by atoms with E-state index in [9.17, 15) is 53.4 Å². The van der Waals surface area contributed by atoms with Crippen molar-refractivity contribution >= 4 is 71.0 Å². The second-order valence-electron chi connectivity index (χ2n) is 12.3. The summed E-state index contributed by atoms with van der Waals surface area (Å²) >= 11 is 1.08. The van der Waals surface area contributed by atoms with Gasteiger partial charge in [-0.2, -0.15) is 11.8 Å². The molecule has 0 spiro atoms. The largest absolute Gasteiger partial charge is 0.481 e. The molecular weight excluding hydrogens is 684 g/mol. The normalized spacial score (nSPS) is 23.9. The minimum atomic E-state index is -1.85. The zero-order valence-electron chi connectivity index (χ0n) is 27.9. The molecule has 1 aliphatic rings. The lowest BCUT2D eigenvalue weighted by Gasteiger charge is -2.33. The lowest BCUT2D eigenvalue weighted by atomic mass is 9.85. The summed E-state index contributed by atoms with van der Waals surface area (Å²) in [5.74, 6) is -9.87. The lowest BCUT2D eigenvalue weighted by molar-refractivity contribution is -0.143. The molecule has 50 heavy (non-hydrogen) atoms. The van der Waals surface area contributed by atoms with Crippen LogP contribution in [0.4, 0.5) is 0 Å². The summed E-state index contributed by atoms with van der Waals surface area (Å²) in [4.78, 5) is 117. The number of aliphatic carboxylic acids is 2. The predicted octanol–water partition coefficient (Wildman–Crippen LogP) is -4.80. The molecule has 0 aromatic heterocycles. The maximum Gasteiger partial charge on any atom is 0.305 e. The molecule has 1 fully saturated rings. The Balaban J connectivity index is 3.47. The zero-order valence-corrected chi connectivity index (χ0v) is 28.7. The fraction of sp³-hybridized carbons (Fsp3) is 0.643. The smallest absolute Gasteiger partial charge is 0.305 e. The number of carboxylic acids is 2. The predicted molar refractivity (Wildman–Crippen MR) is 178 cm³/mol. The SMILES string of the molecule is CC(C)(C)C1NC(=O)[C@@H](CC(=O)O)NC(=O)C(CC(=O)O)NC(=O)CNC(=O)[C@@H](CCCN=C(N)N)NC(=O)CCSCC(C(N)=O)NC1=O. The Bertz CT molecular complexity index is 1330. The molecule has 3 unspecified atom stereocenters. The molecule has 5 atom stereocenters. The summed E-state index contributed by atoms with van der Waals surface area (Å²) < 4.78 is 0. The molecule has 7 amide bonds. The number of carbonyl (C=O) groups excluding carboxylic acids is 7. The topological polar surface area (TPSA) is 357 Å². The summed E-state index contributed by atoms with van der Waals surface area (Å²) in [5, 5.41) is 32.7. The Hall–Kier alpha value is -5.15. The minimum absolute atomic E-state index is 0.0327. The number of carbonyl (C=O) groups is 9. The number of thioether (sulfide) groups is 1. The number of hydrogen-bond donors (Lipinski definition) is 11. The van der Waals surface area contributed by atoms with Gasteiger partial charge in [0, 0.05) is 24.5 Å². The van der Waals surface area contributed by atoms with E-state index in [-0.39, 0.29) is 43.3 Å². The summed E-state index contributed by atoms with van der Waals surface area (Å²) in [7, 11) is 0. The van der Waals surface area contributed by atoms with Gasteiger partial charge in [-0.15, -0.1) is 0 Å².